The van der Waals surface area contributed by atoms with Gasteiger partial charge in [0, 0.05) is 25.3 Å². The van der Waals surface area contributed by atoms with Gasteiger partial charge in [-0.05, 0) is 31.4 Å². The van der Waals surface area contributed by atoms with E-state index in [0.29, 0.717) is 12.1 Å². The van der Waals surface area contributed by atoms with Gasteiger partial charge in [-0.1, -0.05) is 6.07 Å². The van der Waals surface area contributed by atoms with E-state index in [1.165, 1.54) is 6.42 Å². The molecule has 3 atom stereocenters. The summed E-state index contributed by atoms with van der Waals surface area (Å²) in [7, 11) is 1.82. The number of pyridine rings is 1. The lowest BCUT2D eigenvalue weighted by atomic mass is 9.88. The SMILES string of the molecule is CN(C(=O)C1CC2CCC1N2)c1ccccn1. The van der Waals surface area contributed by atoms with Gasteiger partial charge in [0.1, 0.15) is 5.82 Å². The zero-order valence-corrected chi connectivity index (χ0v) is 9.97. The van der Waals surface area contributed by atoms with Crippen molar-refractivity contribution >= 4 is 11.7 Å². The second kappa shape index (κ2) is 4.11. The van der Waals surface area contributed by atoms with Gasteiger partial charge in [0.15, 0.2) is 0 Å². The summed E-state index contributed by atoms with van der Waals surface area (Å²) in [4.78, 5) is 18.3. The van der Waals surface area contributed by atoms with Crippen molar-refractivity contribution in [3.63, 3.8) is 0 Å². The van der Waals surface area contributed by atoms with E-state index in [1.807, 2.05) is 25.2 Å². The zero-order chi connectivity index (χ0) is 11.8. The molecule has 1 amide bonds. The molecule has 3 heterocycles. The molecule has 2 aliphatic heterocycles. The summed E-state index contributed by atoms with van der Waals surface area (Å²) >= 11 is 0. The second-order valence-corrected chi connectivity index (χ2v) is 4.97. The van der Waals surface area contributed by atoms with E-state index in [9.17, 15) is 4.79 Å². The molecule has 3 rings (SSSR count). The Kier molecular flexibility index (Phi) is 2.59. The Morgan fingerprint density at radius 1 is 1.47 bits per heavy atom. The molecular formula is C13H17N3O. The second-order valence-electron chi connectivity index (χ2n) is 4.97. The van der Waals surface area contributed by atoms with Gasteiger partial charge in [0.25, 0.3) is 0 Å². The highest BCUT2D eigenvalue weighted by molar-refractivity contribution is 5.94. The third-order valence-electron chi connectivity index (χ3n) is 3.94. The molecule has 0 radical (unpaired) electrons. The number of fused-ring (bicyclic) bond motifs is 2. The predicted molar refractivity (Wildman–Crippen MR) is 65.7 cm³/mol. The molecule has 2 fully saturated rings. The smallest absolute Gasteiger partial charge is 0.232 e. The molecular weight excluding hydrogens is 214 g/mol. The number of nitrogens with zero attached hydrogens (tertiary/aromatic N) is 2. The maximum absolute atomic E-state index is 12.4. The number of carbonyl (C=O) groups is 1. The fourth-order valence-corrected chi connectivity index (χ4v) is 3.01. The third kappa shape index (κ3) is 1.82. The van der Waals surface area contributed by atoms with Crippen molar-refractivity contribution < 1.29 is 4.79 Å². The van der Waals surface area contributed by atoms with Gasteiger partial charge in [0.2, 0.25) is 5.91 Å². The first-order valence-corrected chi connectivity index (χ1v) is 6.20. The number of hydrogen-bond donors (Lipinski definition) is 1. The average molecular weight is 231 g/mol. The summed E-state index contributed by atoms with van der Waals surface area (Å²) in [5, 5.41) is 3.50. The van der Waals surface area contributed by atoms with Crippen molar-refractivity contribution in [1.29, 1.82) is 0 Å². The van der Waals surface area contributed by atoms with Gasteiger partial charge < -0.3 is 5.32 Å². The van der Waals surface area contributed by atoms with E-state index in [4.69, 9.17) is 0 Å². The molecule has 1 aromatic heterocycles. The van der Waals surface area contributed by atoms with Crippen LogP contribution >= 0.6 is 0 Å². The lowest BCUT2D eigenvalue weighted by molar-refractivity contribution is -0.122. The average Bonchev–Trinajstić information content (AvgIpc) is 3.00. The first kappa shape index (κ1) is 10.7. The minimum atomic E-state index is 0.140. The molecule has 17 heavy (non-hydrogen) atoms. The monoisotopic (exact) mass is 231 g/mol. The Hall–Kier alpha value is -1.42. The van der Waals surface area contributed by atoms with Crippen molar-refractivity contribution in [1.82, 2.24) is 10.3 Å². The maximum Gasteiger partial charge on any atom is 0.232 e. The van der Waals surface area contributed by atoms with Crippen molar-refractivity contribution in [2.24, 2.45) is 5.92 Å². The van der Waals surface area contributed by atoms with Crippen LogP contribution < -0.4 is 10.2 Å². The topological polar surface area (TPSA) is 45.2 Å². The van der Waals surface area contributed by atoms with Crippen molar-refractivity contribution in [3.05, 3.63) is 24.4 Å². The van der Waals surface area contributed by atoms with Crippen molar-refractivity contribution in [2.75, 3.05) is 11.9 Å². The highest BCUT2D eigenvalue weighted by Gasteiger charge is 2.43. The molecule has 3 unspecified atom stereocenters. The van der Waals surface area contributed by atoms with E-state index in [-0.39, 0.29) is 11.8 Å². The van der Waals surface area contributed by atoms with E-state index in [0.717, 1.165) is 18.7 Å². The number of anilines is 1. The number of carbonyl (C=O) groups excluding carboxylic acids is 1. The van der Waals surface area contributed by atoms with E-state index in [2.05, 4.69) is 10.3 Å². The minimum Gasteiger partial charge on any atom is -0.310 e. The summed E-state index contributed by atoms with van der Waals surface area (Å²) in [5.74, 6) is 1.07. The van der Waals surface area contributed by atoms with Crippen LogP contribution in [-0.4, -0.2) is 30.0 Å². The number of hydrogen-bond acceptors (Lipinski definition) is 3. The minimum absolute atomic E-state index is 0.140. The Morgan fingerprint density at radius 3 is 2.94 bits per heavy atom. The molecule has 4 nitrogen and oxygen atoms in total. The molecule has 2 aliphatic rings. The first-order valence-electron chi connectivity index (χ1n) is 6.20. The van der Waals surface area contributed by atoms with Gasteiger partial charge in [-0.25, -0.2) is 4.98 Å². The standard InChI is InChI=1S/C13H17N3O/c1-16(12-4-2-3-7-14-12)13(17)10-8-9-5-6-11(10)15-9/h2-4,7,9-11,15H,5-6,8H2,1H3. The van der Waals surface area contributed by atoms with Crippen LogP contribution in [0.15, 0.2) is 24.4 Å². The number of nitrogens with one attached hydrogen (secondary N) is 1. The molecule has 1 N–H and O–H groups in total. The highest BCUT2D eigenvalue weighted by Crippen LogP contribution is 2.34. The van der Waals surface area contributed by atoms with Gasteiger partial charge in [-0.2, -0.15) is 0 Å². The summed E-state index contributed by atoms with van der Waals surface area (Å²) < 4.78 is 0. The van der Waals surface area contributed by atoms with Crippen LogP contribution in [0.5, 0.6) is 0 Å². The predicted octanol–water partition coefficient (Wildman–Crippen LogP) is 1.18. The number of amides is 1. The largest absolute Gasteiger partial charge is 0.310 e. The van der Waals surface area contributed by atoms with Crippen LogP contribution in [0.4, 0.5) is 5.82 Å². The normalized spacial score (nSPS) is 30.5. The van der Waals surface area contributed by atoms with Gasteiger partial charge in [-0.3, -0.25) is 9.69 Å². The fourth-order valence-electron chi connectivity index (χ4n) is 3.01. The first-order chi connectivity index (χ1) is 8.25. The van der Waals surface area contributed by atoms with Crippen LogP contribution in [0.1, 0.15) is 19.3 Å². The fraction of sp³-hybridized carbons (Fsp3) is 0.538. The van der Waals surface area contributed by atoms with E-state index >= 15 is 0 Å². The van der Waals surface area contributed by atoms with E-state index < -0.39 is 0 Å². The number of aromatic nitrogens is 1. The molecule has 1 aromatic rings. The third-order valence-corrected chi connectivity index (χ3v) is 3.94. The van der Waals surface area contributed by atoms with E-state index in [1.54, 1.807) is 11.1 Å². The Morgan fingerprint density at radius 2 is 2.35 bits per heavy atom. The summed E-state index contributed by atoms with van der Waals surface area (Å²) in [6, 6.07) is 6.59. The molecule has 0 saturated carbocycles. The zero-order valence-electron chi connectivity index (χ0n) is 9.97. The van der Waals surface area contributed by atoms with Crippen LogP contribution in [0.2, 0.25) is 0 Å². The molecule has 0 aliphatic carbocycles. The summed E-state index contributed by atoms with van der Waals surface area (Å²) in [5.41, 5.74) is 0. The number of rotatable bonds is 2. The Bertz CT molecular complexity index is 420. The molecule has 0 aromatic carbocycles. The lowest BCUT2D eigenvalue weighted by Gasteiger charge is -2.24. The highest BCUT2D eigenvalue weighted by atomic mass is 16.2. The lowest BCUT2D eigenvalue weighted by Crippen LogP contribution is -2.39. The quantitative estimate of drug-likeness (QED) is 0.831. The molecule has 0 spiro atoms. The summed E-state index contributed by atoms with van der Waals surface area (Å²) in [6.07, 6.45) is 5.07. The van der Waals surface area contributed by atoms with Crippen LogP contribution in [0.3, 0.4) is 0 Å². The summed E-state index contributed by atoms with van der Waals surface area (Å²) in [6.45, 7) is 0. The Balaban J connectivity index is 1.74. The molecule has 4 heteroatoms. The molecule has 90 valence electrons. The van der Waals surface area contributed by atoms with Crippen LogP contribution in [-0.2, 0) is 4.79 Å². The van der Waals surface area contributed by atoms with Crippen molar-refractivity contribution in [2.45, 2.75) is 31.3 Å². The van der Waals surface area contributed by atoms with Crippen molar-refractivity contribution in [3.8, 4) is 0 Å². The Labute approximate surface area is 101 Å². The van der Waals surface area contributed by atoms with Gasteiger partial charge >= 0.3 is 0 Å². The molecule has 2 saturated heterocycles. The van der Waals surface area contributed by atoms with Gasteiger partial charge in [-0.15, -0.1) is 0 Å². The van der Waals surface area contributed by atoms with Crippen LogP contribution in [0.25, 0.3) is 0 Å². The van der Waals surface area contributed by atoms with Crippen LogP contribution in [0, 0.1) is 5.92 Å². The maximum atomic E-state index is 12.4. The molecule has 2 bridgehead atoms. The van der Waals surface area contributed by atoms with Gasteiger partial charge in [0.05, 0.1) is 5.92 Å².